The van der Waals surface area contributed by atoms with Crippen LogP contribution in [0.1, 0.15) is 52.0 Å². The minimum atomic E-state index is -0.207. The normalized spacial score (nSPS) is 25.3. The number of carbonyl (C=O) groups excluding carboxylic acids is 1. The van der Waals surface area contributed by atoms with E-state index in [-0.39, 0.29) is 24.2 Å². The number of nitrogens with one attached hydrogen (secondary N) is 1. The van der Waals surface area contributed by atoms with Crippen molar-refractivity contribution in [1.82, 2.24) is 5.32 Å². The highest BCUT2D eigenvalue weighted by atomic mass is 16.5. The van der Waals surface area contributed by atoms with E-state index in [4.69, 9.17) is 9.47 Å². The standard InChI is InChI=1S/C19H27NO3/c1-13-7-4-5-9-15(13)20-17(21)12-22-16-10-6-8-14-11-19(2,3)23-18(14)16/h6,8,10,13,15H,4-5,7,9,11-12H2,1-3H3,(H,20,21)/t13-,15+/m0/s1. The Labute approximate surface area is 138 Å². The van der Waals surface area contributed by atoms with Crippen molar-refractivity contribution in [3.05, 3.63) is 23.8 Å². The van der Waals surface area contributed by atoms with Crippen molar-refractivity contribution in [3.8, 4) is 11.5 Å². The summed E-state index contributed by atoms with van der Waals surface area (Å²) in [5.74, 6) is 1.97. The summed E-state index contributed by atoms with van der Waals surface area (Å²) in [6.07, 6.45) is 5.61. The highest BCUT2D eigenvalue weighted by molar-refractivity contribution is 5.78. The number of ether oxygens (including phenoxy) is 2. The van der Waals surface area contributed by atoms with Crippen molar-refractivity contribution in [2.45, 2.75) is 64.5 Å². The van der Waals surface area contributed by atoms with E-state index in [0.29, 0.717) is 11.7 Å². The third-order valence-electron chi connectivity index (χ3n) is 4.87. The molecule has 1 aromatic carbocycles. The van der Waals surface area contributed by atoms with E-state index in [1.807, 2.05) is 12.1 Å². The molecule has 3 rings (SSSR count). The van der Waals surface area contributed by atoms with Crippen molar-refractivity contribution in [3.63, 3.8) is 0 Å². The van der Waals surface area contributed by atoms with E-state index >= 15 is 0 Å². The molecule has 1 saturated carbocycles. The molecule has 0 unspecified atom stereocenters. The molecule has 1 aliphatic heterocycles. The van der Waals surface area contributed by atoms with Gasteiger partial charge in [0.15, 0.2) is 18.1 Å². The molecule has 1 aromatic rings. The first-order chi connectivity index (χ1) is 10.9. The molecule has 2 atom stereocenters. The Bertz CT molecular complexity index is 582. The van der Waals surface area contributed by atoms with Crippen molar-refractivity contribution >= 4 is 5.91 Å². The lowest BCUT2D eigenvalue weighted by Crippen LogP contribution is -2.43. The molecule has 1 fully saturated rings. The number of para-hydroxylation sites is 1. The largest absolute Gasteiger partial charge is 0.483 e. The Morgan fingerprint density at radius 1 is 1.35 bits per heavy atom. The zero-order valence-corrected chi connectivity index (χ0v) is 14.4. The van der Waals surface area contributed by atoms with Gasteiger partial charge in [-0.05, 0) is 38.7 Å². The summed E-state index contributed by atoms with van der Waals surface area (Å²) < 4.78 is 11.7. The SMILES string of the molecule is C[C@H]1CCCC[C@H]1NC(=O)COc1cccc2c1OC(C)(C)C2. The summed E-state index contributed by atoms with van der Waals surface area (Å²) in [7, 11) is 0. The monoisotopic (exact) mass is 317 g/mol. The Morgan fingerprint density at radius 3 is 2.91 bits per heavy atom. The van der Waals surface area contributed by atoms with Gasteiger partial charge in [0.2, 0.25) is 0 Å². The van der Waals surface area contributed by atoms with Gasteiger partial charge in [0.25, 0.3) is 5.91 Å². The summed E-state index contributed by atoms with van der Waals surface area (Å²) in [4.78, 5) is 12.2. The van der Waals surface area contributed by atoms with Crippen LogP contribution in [0.2, 0.25) is 0 Å². The second-order valence-corrected chi connectivity index (χ2v) is 7.51. The van der Waals surface area contributed by atoms with Crippen LogP contribution in [0, 0.1) is 5.92 Å². The van der Waals surface area contributed by atoms with E-state index in [1.165, 1.54) is 19.3 Å². The van der Waals surface area contributed by atoms with Crippen molar-refractivity contribution in [2.24, 2.45) is 5.92 Å². The Balaban J connectivity index is 1.57. The van der Waals surface area contributed by atoms with Crippen LogP contribution in [-0.2, 0) is 11.2 Å². The molecule has 1 heterocycles. The highest BCUT2D eigenvalue weighted by Crippen LogP contribution is 2.41. The predicted molar refractivity (Wildman–Crippen MR) is 89.9 cm³/mol. The lowest BCUT2D eigenvalue weighted by atomic mass is 9.86. The van der Waals surface area contributed by atoms with Gasteiger partial charge in [0.05, 0.1) is 0 Å². The molecule has 0 saturated heterocycles. The fraction of sp³-hybridized carbons (Fsp3) is 0.632. The van der Waals surface area contributed by atoms with Crippen LogP contribution in [0.15, 0.2) is 18.2 Å². The smallest absolute Gasteiger partial charge is 0.258 e. The molecule has 4 nitrogen and oxygen atoms in total. The van der Waals surface area contributed by atoms with Gasteiger partial charge < -0.3 is 14.8 Å². The van der Waals surface area contributed by atoms with Crippen LogP contribution in [0.5, 0.6) is 11.5 Å². The number of carbonyl (C=O) groups is 1. The minimum absolute atomic E-state index is 0.0430. The van der Waals surface area contributed by atoms with Gasteiger partial charge in [-0.25, -0.2) is 0 Å². The third kappa shape index (κ3) is 3.80. The fourth-order valence-corrected chi connectivity index (χ4v) is 3.62. The van der Waals surface area contributed by atoms with E-state index in [1.54, 1.807) is 0 Å². The van der Waals surface area contributed by atoms with Crippen molar-refractivity contribution < 1.29 is 14.3 Å². The van der Waals surface area contributed by atoms with Gasteiger partial charge >= 0.3 is 0 Å². The lowest BCUT2D eigenvalue weighted by molar-refractivity contribution is -0.124. The molecule has 126 valence electrons. The molecule has 1 amide bonds. The Morgan fingerprint density at radius 2 is 2.13 bits per heavy atom. The molecule has 2 aliphatic rings. The summed E-state index contributed by atoms with van der Waals surface area (Å²) in [6, 6.07) is 6.17. The summed E-state index contributed by atoms with van der Waals surface area (Å²) in [5, 5.41) is 3.12. The molecule has 0 aromatic heterocycles. The molecule has 0 bridgehead atoms. The zero-order chi connectivity index (χ0) is 16.4. The number of rotatable bonds is 4. The zero-order valence-electron chi connectivity index (χ0n) is 14.4. The van der Waals surface area contributed by atoms with Gasteiger partial charge in [-0.3, -0.25) is 4.79 Å². The quantitative estimate of drug-likeness (QED) is 0.925. The molecular formula is C19H27NO3. The van der Waals surface area contributed by atoms with E-state index < -0.39 is 0 Å². The second-order valence-electron chi connectivity index (χ2n) is 7.51. The molecule has 0 spiro atoms. The molecule has 23 heavy (non-hydrogen) atoms. The van der Waals surface area contributed by atoms with Crippen LogP contribution in [0.4, 0.5) is 0 Å². The van der Waals surface area contributed by atoms with Crippen LogP contribution < -0.4 is 14.8 Å². The Hall–Kier alpha value is -1.71. The van der Waals surface area contributed by atoms with E-state index in [2.05, 4.69) is 32.2 Å². The van der Waals surface area contributed by atoms with Gasteiger partial charge in [-0.1, -0.05) is 31.9 Å². The number of benzene rings is 1. The van der Waals surface area contributed by atoms with Crippen molar-refractivity contribution in [2.75, 3.05) is 6.61 Å². The van der Waals surface area contributed by atoms with Gasteiger partial charge in [-0.2, -0.15) is 0 Å². The Kier molecular flexibility index (Phi) is 4.51. The number of amides is 1. The topological polar surface area (TPSA) is 47.6 Å². The highest BCUT2D eigenvalue weighted by Gasteiger charge is 2.32. The van der Waals surface area contributed by atoms with E-state index in [0.717, 1.165) is 24.2 Å². The maximum Gasteiger partial charge on any atom is 0.258 e. The third-order valence-corrected chi connectivity index (χ3v) is 4.87. The van der Waals surface area contributed by atoms with Gasteiger partial charge in [0, 0.05) is 18.0 Å². The van der Waals surface area contributed by atoms with Crippen LogP contribution in [0.25, 0.3) is 0 Å². The molecule has 1 aliphatic carbocycles. The van der Waals surface area contributed by atoms with E-state index in [9.17, 15) is 4.79 Å². The summed E-state index contributed by atoms with van der Waals surface area (Å²) in [5.41, 5.74) is 0.940. The first-order valence-corrected chi connectivity index (χ1v) is 8.68. The molecule has 4 heteroatoms. The van der Waals surface area contributed by atoms with Gasteiger partial charge in [-0.15, -0.1) is 0 Å². The lowest BCUT2D eigenvalue weighted by Gasteiger charge is -2.29. The number of hydrogen-bond donors (Lipinski definition) is 1. The summed E-state index contributed by atoms with van der Waals surface area (Å²) in [6.45, 7) is 6.39. The van der Waals surface area contributed by atoms with Gasteiger partial charge in [0.1, 0.15) is 5.60 Å². The summed E-state index contributed by atoms with van der Waals surface area (Å²) >= 11 is 0. The molecular weight excluding hydrogens is 290 g/mol. The van der Waals surface area contributed by atoms with Crippen LogP contribution in [0.3, 0.4) is 0 Å². The number of hydrogen-bond acceptors (Lipinski definition) is 3. The average molecular weight is 317 g/mol. The fourth-order valence-electron chi connectivity index (χ4n) is 3.62. The first kappa shape index (κ1) is 16.2. The molecule has 0 radical (unpaired) electrons. The first-order valence-electron chi connectivity index (χ1n) is 8.68. The predicted octanol–water partition coefficient (Wildman–Crippen LogP) is 3.47. The minimum Gasteiger partial charge on any atom is -0.483 e. The maximum absolute atomic E-state index is 12.2. The molecule has 1 N–H and O–H groups in total. The average Bonchev–Trinajstić information content (AvgIpc) is 2.82. The maximum atomic E-state index is 12.2. The second kappa shape index (κ2) is 6.42. The van der Waals surface area contributed by atoms with Crippen molar-refractivity contribution in [1.29, 1.82) is 0 Å². The van der Waals surface area contributed by atoms with Crippen LogP contribution >= 0.6 is 0 Å². The van der Waals surface area contributed by atoms with Crippen LogP contribution in [-0.4, -0.2) is 24.2 Å². The number of fused-ring (bicyclic) bond motifs is 1.